The van der Waals surface area contributed by atoms with Crippen molar-refractivity contribution < 1.29 is 14.4 Å². The summed E-state index contributed by atoms with van der Waals surface area (Å²) in [6.07, 6.45) is 0. The number of carbonyl (C=O) groups is 3. The normalized spacial score (nSPS) is 13.3. The first-order valence-electron chi connectivity index (χ1n) is 7.43. The third-order valence-corrected chi connectivity index (χ3v) is 3.88. The average Bonchev–Trinajstić information content (AvgIpc) is 2.51. The highest BCUT2D eigenvalue weighted by Gasteiger charge is 2.32. The molecule has 116 valence electrons. The van der Waals surface area contributed by atoms with Crippen molar-refractivity contribution in [2.75, 3.05) is 5.32 Å². The SMILES string of the molecule is CC(C)(C)C(=O)Nc1cccc2c1C(=O)c1ccccc1C2=O. The third-order valence-electron chi connectivity index (χ3n) is 3.88. The topological polar surface area (TPSA) is 63.2 Å². The Morgan fingerprint density at radius 1 is 0.826 bits per heavy atom. The van der Waals surface area contributed by atoms with E-state index in [0.29, 0.717) is 22.4 Å². The zero-order chi connectivity index (χ0) is 16.8. The molecule has 0 atom stereocenters. The second-order valence-corrected chi connectivity index (χ2v) is 6.64. The Kier molecular flexibility index (Phi) is 3.40. The molecule has 1 aliphatic carbocycles. The Balaban J connectivity index is 2.13. The van der Waals surface area contributed by atoms with Crippen LogP contribution >= 0.6 is 0 Å². The lowest BCUT2D eigenvalue weighted by atomic mass is 9.83. The van der Waals surface area contributed by atoms with Crippen LogP contribution in [0.1, 0.15) is 52.6 Å². The first kappa shape index (κ1) is 15.2. The van der Waals surface area contributed by atoms with Crippen molar-refractivity contribution in [3.63, 3.8) is 0 Å². The van der Waals surface area contributed by atoms with Gasteiger partial charge >= 0.3 is 0 Å². The van der Waals surface area contributed by atoms with Gasteiger partial charge in [0.1, 0.15) is 0 Å². The van der Waals surface area contributed by atoms with Crippen LogP contribution in [0.15, 0.2) is 42.5 Å². The molecule has 0 unspecified atom stereocenters. The van der Waals surface area contributed by atoms with Crippen molar-refractivity contribution in [3.05, 3.63) is 64.7 Å². The van der Waals surface area contributed by atoms with Crippen LogP contribution in [-0.2, 0) is 4.79 Å². The van der Waals surface area contributed by atoms with E-state index in [4.69, 9.17) is 0 Å². The lowest BCUT2D eigenvalue weighted by molar-refractivity contribution is -0.123. The van der Waals surface area contributed by atoms with E-state index >= 15 is 0 Å². The molecule has 0 heterocycles. The van der Waals surface area contributed by atoms with E-state index in [1.165, 1.54) is 0 Å². The molecule has 1 aliphatic rings. The molecule has 0 aliphatic heterocycles. The number of ketones is 2. The summed E-state index contributed by atoms with van der Waals surface area (Å²) in [6.45, 7) is 5.37. The van der Waals surface area contributed by atoms with Gasteiger partial charge in [0.2, 0.25) is 5.91 Å². The van der Waals surface area contributed by atoms with Crippen LogP contribution in [-0.4, -0.2) is 17.5 Å². The quantitative estimate of drug-likeness (QED) is 0.749. The number of benzene rings is 2. The zero-order valence-electron chi connectivity index (χ0n) is 13.3. The maximum Gasteiger partial charge on any atom is 0.229 e. The molecule has 23 heavy (non-hydrogen) atoms. The van der Waals surface area contributed by atoms with Crippen molar-refractivity contribution in [1.82, 2.24) is 0 Å². The van der Waals surface area contributed by atoms with Crippen molar-refractivity contribution in [1.29, 1.82) is 0 Å². The molecule has 2 aromatic rings. The van der Waals surface area contributed by atoms with E-state index in [2.05, 4.69) is 5.32 Å². The fourth-order valence-electron chi connectivity index (χ4n) is 2.56. The molecule has 0 spiro atoms. The highest BCUT2D eigenvalue weighted by atomic mass is 16.2. The number of anilines is 1. The summed E-state index contributed by atoms with van der Waals surface area (Å²) < 4.78 is 0. The molecule has 0 bridgehead atoms. The van der Waals surface area contributed by atoms with Crippen LogP contribution in [0.25, 0.3) is 0 Å². The van der Waals surface area contributed by atoms with Crippen LogP contribution in [0, 0.1) is 5.41 Å². The van der Waals surface area contributed by atoms with Gasteiger partial charge in [-0.05, 0) is 6.07 Å². The minimum absolute atomic E-state index is 0.193. The van der Waals surface area contributed by atoms with E-state index in [9.17, 15) is 14.4 Å². The van der Waals surface area contributed by atoms with Crippen molar-refractivity contribution in [3.8, 4) is 0 Å². The molecule has 4 heteroatoms. The first-order chi connectivity index (χ1) is 10.8. The van der Waals surface area contributed by atoms with Gasteiger partial charge in [0, 0.05) is 22.1 Å². The lowest BCUT2D eigenvalue weighted by Gasteiger charge is -2.23. The Morgan fingerprint density at radius 3 is 2.00 bits per heavy atom. The van der Waals surface area contributed by atoms with Crippen LogP contribution < -0.4 is 5.32 Å². The van der Waals surface area contributed by atoms with Crippen molar-refractivity contribution in [2.45, 2.75) is 20.8 Å². The molecule has 4 nitrogen and oxygen atoms in total. The van der Waals surface area contributed by atoms with Crippen LogP contribution in [0.5, 0.6) is 0 Å². The molecule has 2 aromatic carbocycles. The highest BCUT2D eigenvalue weighted by Crippen LogP contribution is 2.32. The summed E-state index contributed by atoms with van der Waals surface area (Å²) in [7, 11) is 0. The number of nitrogens with one attached hydrogen (secondary N) is 1. The predicted octanol–water partition coefficient (Wildman–Crippen LogP) is 3.45. The van der Waals surface area contributed by atoms with Gasteiger partial charge in [-0.1, -0.05) is 57.2 Å². The summed E-state index contributed by atoms with van der Waals surface area (Å²) in [5.41, 5.74) is 1.18. The first-order valence-corrected chi connectivity index (χ1v) is 7.43. The minimum atomic E-state index is -0.595. The summed E-state index contributed by atoms with van der Waals surface area (Å²) in [5, 5.41) is 2.78. The smallest absolute Gasteiger partial charge is 0.229 e. The number of hydrogen-bond donors (Lipinski definition) is 1. The van der Waals surface area contributed by atoms with E-state index in [0.717, 1.165) is 0 Å². The van der Waals surface area contributed by atoms with Gasteiger partial charge in [-0.25, -0.2) is 0 Å². The Hall–Kier alpha value is -2.75. The minimum Gasteiger partial charge on any atom is -0.325 e. The second-order valence-electron chi connectivity index (χ2n) is 6.64. The molecule has 1 amide bonds. The number of hydrogen-bond acceptors (Lipinski definition) is 3. The van der Waals surface area contributed by atoms with Gasteiger partial charge in [-0.3, -0.25) is 14.4 Å². The second kappa shape index (κ2) is 5.16. The van der Waals surface area contributed by atoms with Crippen molar-refractivity contribution >= 4 is 23.2 Å². The predicted molar refractivity (Wildman–Crippen MR) is 87.8 cm³/mol. The maximum absolute atomic E-state index is 12.8. The molecule has 0 aromatic heterocycles. The molecular weight excluding hydrogens is 290 g/mol. The van der Waals surface area contributed by atoms with Gasteiger partial charge < -0.3 is 5.32 Å². The fourth-order valence-corrected chi connectivity index (χ4v) is 2.56. The third kappa shape index (κ3) is 2.46. The van der Waals surface area contributed by atoms with Gasteiger partial charge in [0.05, 0.1) is 11.3 Å². The Bertz CT molecular complexity index is 844. The number of fused-ring (bicyclic) bond motifs is 2. The largest absolute Gasteiger partial charge is 0.325 e. The summed E-state index contributed by atoms with van der Waals surface area (Å²) >= 11 is 0. The highest BCUT2D eigenvalue weighted by molar-refractivity contribution is 6.30. The van der Waals surface area contributed by atoms with E-state index in [-0.39, 0.29) is 23.0 Å². The average molecular weight is 307 g/mol. The Labute approximate surface area is 134 Å². The fraction of sp³-hybridized carbons (Fsp3) is 0.211. The lowest BCUT2D eigenvalue weighted by Crippen LogP contribution is -2.30. The summed E-state index contributed by atoms with van der Waals surface area (Å²) in [6, 6.07) is 11.7. The molecule has 3 rings (SSSR count). The molecule has 0 saturated carbocycles. The maximum atomic E-state index is 12.8. The summed E-state index contributed by atoms with van der Waals surface area (Å²) in [5.74, 6) is -0.632. The van der Waals surface area contributed by atoms with E-state index < -0.39 is 5.41 Å². The molecule has 0 radical (unpaired) electrons. The molecule has 0 fully saturated rings. The van der Waals surface area contributed by atoms with E-state index in [1.54, 1.807) is 63.2 Å². The monoisotopic (exact) mass is 307 g/mol. The van der Waals surface area contributed by atoms with Gasteiger partial charge in [0.15, 0.2) is 11.6 Å². The van der Waals surface area contributed by atoms with Gasteiger partial charge in [-0.2, -0.15) is 0 Å². The zero-order valence-corrected chi connectivity index (χ0v) is 13.3. The van der Waals surface area contributed by atoms with Crippen LogP contribution in [0.3, 0.4) is 0 Å². The summed E-state index contributed by atoms with van der Waals surface area (Å²) in [4.78, 5) is 37.7. The van der Waals surface area contributed by atoms with Crippen LogP contribution in [0.2, 0.25) is 0 Å². The van der Waals surface area contributed by atoms with E-state index in [1.807, 2.05) is 0 Å². The molecule has 1 N–H and O–H groups in total. The van der Waals surface area contributed by atoms with Gasteiger partial charge in [0.25, 0.3) is 0 Å². The Morgan fingerprint density at radius 2 is 1.39 bits per heavy atom. The number of rotatable bonds is 1. The van der Waals surface area contributed by atoms with Gasteiger partial charge in [-0.15, -0.1) is 0 Å². The number of amides is 1. The van der Waals surface area contributed by atoms with Crippen LogP contribution in [0.4, 0.5) is 5.69 Å². The standard InChI is InChI=1S/C19H17NO3/c1-19(2,3)18(23)20-14-10-6-9-13-15(14)17(22)12-8-5-4-7-11(12)16(13)21/h4-10H,1-3H3,(H,20,23). The molecular formula is C19H17NO3. The molecule has 0 saturated heterocycles. The number of carbonyl (C=O) groups excluding carboxylic acids is 3. The van der Waals surface area contributed by atoms with Crippen molar-refractivity contribution in [2.24, 2.45) is 5.41 Å².